The molecular formula is C29H28N2O4S. The Morgan fingerprint density at radius 2 is 1.83 bits per heavy atom. The van der Waals surface area contributed by atoms with E-state index >= 15 is 0 Å². The van der Waals surface area contributed by atoms with E-state index in [1.807, 2.05) is 42.5 Å². The lowest BCUT2D eigenvalue weighted by atomic mass is 10.1. The normalized spacial score (nSPS) is 16.0. The third-order valence-electron chi connectivity index (χ3n) is 5.73. The molecule has 1 aliphatic rings. The quantitative estimate of drug-likeness (QED) is 0.239. The van der Waals surface area contributed by atoms with E-state index in [1.54, 1.807) is 24.3 Å². The van der Waals surface area contributed by atoms with Crippen molar-refractivity contribution in [3.05, 3.63) is 112 Å². The number of carbonyl (C=O) groups is 2. The van der Waals surface area contributed by atoms with Crippen LogP contribution in [0, 0.1) is 0 Å². The van der Waals surface area contributed by atoms with E-state index in [2.05, 4.69) is 36.3 Å². The maximum atomic E-state index is 12.6. The Morgan fingerprint density at radius 3 is 2.50 bits per heavy atom. The minimum atomic E-state index is -0.956. The molecular weight excluding hydrogens is 472 g/mol. The van der Waals surface area contributed by atoms with Crippen LogP contribution in [0.25, 0.3) is 6.08 Å². The van der Waals surface area contributed by atoms with Crippen LogP contribution >= 0.6 is 11.8 Å². The van der Waals surface area contributed by atoms with E-state index < -0.39 is 5.97 Å². The predicted octanol–water partition coefficient (Wildman–Crippen LogP) is 5.85. The number of thioether (sulfide) groups is 1. The molecule has 1 heterocycles. The third kappa shape index (κ3) is 6.37. The summed E-state index contributed by atoms with van der Waals surface area (Å²) >= 11 is 1.45. The van der Waals surface area contributed by atoms with Gasteiger partial charge in [-0.2, -0.15) is 0 Å². The van der Waals surface area contributed by atoms with Crippen LogP contribution in [0.5, 0.6) is 5.75 Å². The number of hydrogen-bond acceptors (Lipinski definition) is 5. The van der Waals surface area contributed by atoms with Gasteiger partial charge in [-0.05, 0) is 77.6 Å². The van der Waals surface area contributed by atoms with Crippen LogP contribution in [-0.4, -0.2) is 22.5 Å². The molecule has 6 nitrogen and oxygen atoms in total. The van der Waals surface area contributed by atoms with Gasteiger partial charge in [0, 0.05) is 5.69 Å². The molecule has 3 aromatic rings. The molecule has 3 N–H and O–H groups in total. The van der Waals surface area contributed by atoms with Gasteiger partial charge in [0.25, 0.3) is 5.91 Å². The van der Waals surface area contributed by atoms with Crippen LogP contribution in [0.4, 0.5) is 5.69 Å². The summed E-state index contributed by atoms with van der Waals surface area (Å²) in [5.74, 6) is -0.349. The van der Waals surface area contributed by atoms with Crippen molar-refractivity contribution in [1.82, 2.24) is 5.32 Å². The first-order chi connectivity index (χ1) is 17.4. The van der Waals surface area contributed by atoms with E-state index in [1.165, 1.54) is 17.3 Å². The summed E-state index contributed by atoms with van der Waals surface area (Å²) in [6.45, 7) is 6.28. The number of carboxylic acids is 1. The lowest BCUT2D eigenvalue weighted by molar-refractivity contribution is -0.116. The zero-order valence-corrected chi connectivity index (χ0v) is 20.8. The van der Waals surface area contributed by atoms with Crippen molar-refractivity contribution < 1.29 is 19.4 Å². The zero-order chi connectivity index (χ0) is 25.5. The fourth-order valence-corrected chi connectivity index (χ4v) is 4.74. The summed E-state index contributed by atoms with van der Waals surface area (Å²) in [6.07, 6.45) is 5.28. The van der Waals surface area contributed by atoms with Crippen molar-refractivity contribution in [3.63, 3.8) is 0 Å². The van der Waals surface area contributed by atoms with Crippen LogP contribution < -0.4 is 15.4 Å². The lowest BCUT2D eigenvalue weighted by Crippen LogP contribution is -2.30. The Balaban J connectivity index is 1.43. The first-order valence-corrected chi connectivity index (χ1v) is 12.6. The molecule has 184 valence electrons. The number of aryl methyl sites for hydroxylation is 1. The number of carbonyl (C=O) groups excluding carboxylic acids is 1. The SMILES string of the molecule is C=CCc1cc(/C=C2\S[C@@H](Nc3ccc(CC)cc3)NC2=O)ccc1OCc1ccc(C(=O)O)cc1. The number of carboxylic acid groups (broad SMARTS) is 1. The molecule has 1 fully saturated rings. The molecule has 0 bridgehead atoms. The Kier molecular flexibility index (Phi) is 8.13. The van der Waals surface area contributed by atoms with Gasteiger partial charge in [-0.3, -0.25) is 4.79 Å². The number of allylic oxidation sites excluding steroid dienone is 1. The van der Waals surface area contributed by atoms with Gasteiger partial charge in [0.2, 0.25) is 0 Å². The van der Waals surface area contributed by atoms with Crippen molar-refractivity contribution in [3.8, 4) is 5.75 Å². The molecule has 0 saturated carbocycles. The van der Waals surface area contributed by atoms with Gasteiger partial charge in [0.15, 0.2) is 5.50 Å². The Bertz CT molecular complexity index is 1280. The van der Waals surface area contributed by atoms with Crippen molar-refractivity contribution >= 4 is 35.4 Å². The van der Waals surface area contributed by atoms with Gasteiger partial charge < -0.3 is 20.5 Å². The van der Waals surface area contributed by atoms with Gasteiger partial charge in [-0.25, -0.2) is 4.79 Å². The number of anilines is 1. The summed E-state index contributed by atoms with van der Waals surface area (Å²) in [5, 5.41) is 15.4. The fourth-order valence-electron chi connectivity index (χ4n) is 3.75. The van der Waals surface area contributed by atoms with E-state index in [0.717, 1.165) is 34.5 Å². The number of nitrogens with one attached hydrogen (secondary N) is 2. The summed E-state index contributed by atoms with van der Waals surface area (Å²) in [7, 11) is 0. The maximum absolute atomic E-state index is 12.6. The van der Waals surface area contributed by atoms with Gasteiger partial charge in [0.1, 0.15) is 12.4 Å². The molecule has 0 radical (unpaired) electrons. The molecule has 0 spiro atoms. The van der Waals surface area contributed by atoms with Crippen molar-refractivity contribution in [2.45, 2.75) is 31.9 Å². The van der Waals surface area contributed by atoms with Gasteiger partial charge >= 0.3 is 5.97 Å². The number of aromatic carboxylic acids is 1. The van der Waals surface area contributed by atoms with E-state index in [9.17, 15) is 9.59 Å². The third-order valence-corrected chi connectivity index (χ3v) is 6.76. The maximum Gasteiger partial charge on any atom is 0.335 e. The Morgan fingerprint density at radius 1 is 1.11 bits per heavy atom. The standard InChI is InChI=1S/C29H28N2O4S/c1-3-5-23-16-21(10-15-25(23)35-18-20-6-11-22(12-7-20)28(33)34)17-26-27(32)31-29(36-26)30-24-13-8-19(4-2)9-14-24/h3,6-17,29-30H,1,4-5,18H2,2H3,(H,31,32)(H,33,34)/b26-17-/t29-/m0/s1. The Labute approximate surface area is 215 Å². The van der Waals surface area contributed by atoms with Crippen molar-refractivity contribution in [2.24, 2.45) is 0 Å². The predicted molar refractivity (Wildman–Crippen MR) is 145 cm³/mol. The molecule has 1 aliphatic heterocycles. The first kappa shape index (κ1) is 25.1. The smallest absolute Gasteiger partial charge is 0.335 e. The second-order valence-corrected chi connectivity index (χ2v) is 9.47. The Hall–Kier alpha value is -3.97. The van der Waals surface area contributed by atoms with Crippen LogP contribution in [0.1, 0.15) is 39.5 Å². The number of rotatable bonds is 10. The van der Waals surface area contributed by atoms with E-state index in [0.29, 0.717) is 17.9 Å². The number of benzene rings is 3. The fraction of sp³-hybridized carbons (Fsp3) is 0.172. The highest BCUT2D eigenvalue weighted by Gasteiger charge is 2.27. The molecule has 4 rings (SSSR count). The minimum Gasteiger partial charge on any atom is -0.489 e. The summed E-state index contributed by atoms with van der Waals surface area (Å²) in [6, 6.07) is 20.6. The van der Waals surface area contributed by atoms with Crippen LogP contribution in [-0.2, 0) is 24.2 Å². The zero-order valence-electron chi connectivity index (χ0n) is 20.0. The molecule has 36 heavy (non-hydrogen) atoms. The molecule has 0 aliphatic carbocycles. The van der Waals surface area contributed by atoms with Gasteiger partial charge in [0.05, 0.1) is 10.5 Å². The molecule has 3 aromatic carbocycles. The molecule has 1 saturated heterocycles. The van der Waals surface area contributed by atoms with Gasteiger partial charge in [-0.15, -0.1) is 6.58 Å². The van der Waals surface area contributed by atoms with E-state index in [4.69, 9.17) is 9.84 Å². The topological polar surface area (TPSA) is 87.7 Å². The molecule has 0 aromatic heterocycles. The highest BCUT2D eigenvalue weighted by Crippen LogP contribution is 2.31. The number of hydrogen-bond donors (Lipinski definition) is 3. The number of ether oxygens (including phenoxy) is 1. The molecule has 1 amide bonds. The summed E-state index contributed by atoms with van der Waals surface area (Å²) < 4.78 is 6.01. The van der Waals surface area contributed by atoms with Crippen LogP contribution in [0.15, 0.2) is 84.3 Å². The van der Waals surface area contributed by atoms with E-state index in [-0.39, 0.29) is 17.0 Å². The average molecular weight is 501 g/mol. The molecule has 7 heteroatoms. The van der Waals surface area contributed by atoms with Crippen LogP contribution in [0.3, 0.4) is 0 Å². The molecule has 0 unspecified atom stereocenters. The largest absolute Gasteiger partial charge is 0.489 e. The average Bonchev–Trinajstić information content (AvgIpc) is 3.22. The van der Waals surface area contributed by atoms with Crippen molar-refractivity contribution in [1.29, 1.82) is 0 Å². The number of amides is 1. The van der Waals surface area contributed by atoms with Crippen molar-refractivity contribution in [2.75, 3.05) is 5.32 Å². The van der Waals surface area contributed by atoms with Crippen LogP contribution in [0.2, 0.25) is 0 Å². The second-order valence-electron chi connectivity index (χ2n) is 8.33. The highest BCUT2D eigenvalue weighted by atomic mass is 32.2. The second kappa shape index (κ2) is 11.6. The molecule has 1 atom stereocenters. The minimum absolute atomic E-state index is 0.113. The monoisotopic (exact) mass is 500 g/mol. The summed E-state index contributed by atoms with van der Waals surface area (Å²) in [4.78, 5) is 24.2. The first-order valence-electron chi connectivity index (χ1n) is 11.7. The highest BCUT2D eigenvalue weighted by molar-refractivity contribution is 8.05. The lowest BCUT2D eigenvalue weighted by Gasteiger charge is -2.13. The van der Waals surface area contributed by atoms with Gasteiger partial charge in [-0.1, -0.05) is 55.1 Å². The summed E-state index contributed by atoms with van der Waals surface area (Å²) in [5.41, 5.74) is 4.95.